The lowest BCUT2D eigenvalue weighted by Crippen LogP contribution is -2.31. The second-order valence-corrected chi connectivity index (χ2v) is 9.80. The van der Waals surface area contributed by atoms with Crippen molar-refractivity contribution >= 4 is 34.1 Å². The number of ether oxygens (including phenoxy) is 1. The molecule has 0 saturated carbocycles. The van der Waals surface area contributed by atoms with Crippen molar-refractivity contribution in [3.05, 3.63) is 73.3 Å². The van der Waals surface area contributed by atoms with Crippen molar-refractivity contribution in [2.45, 2.75) is 45.1 Å². The van der Waals surface area contributed by atoms with E-state index >= 15 is 4.39 Å². The molecule has 9 heteroatoms. The van der Waals surface area contributed by atoms with Crippen LogP contribution in [0.2, 0.25) is 0 Å². The van der Waals surface area contributed by atoms with Gasteiger partial charge in [0, 0.05) is 54.4 Å². The van der Waals surface area contributed by atoms with Crippen LogP contribution in [-0.2, 0) is 11.3 Å². The van der Waals surface area contributed by atoms with Crippen molar-refractivity contribution in [1.82, 2.24) is 14.5 Å². The number of halogens is 2. The van der Waals surface area contributed by atoms with E-state index in [4.69, 9.17) is 9.72 Å². The molecule has 6 bridgehead atoms. The van der Waals surface area contributed by atoms with E-state index in [9.17, 15) is 9.18 Å². The van der Waals surface area contributed by atoms with Gasteiger partial charge in [0.2, 0.25) is 11.9 Å². The minimum absolute atomic E-state index is 0.0601. The van der Waals surface area contributed by atoms with E-state index < -0.39 is 12.5 Å². The summed E-state index contributed by atoms with van der Waals surface area (Å²) in [4.78, 5) is 23.5. The van der Waals surface area contributed by atoms with E-state index in [0.717, 1.165) is 55.1 Å². The summed E-state index contributed by atoms with van der Waals surface area (Å²) >= 11 is 0. The summed E-state index contributed by atoms with van der Waals surface area (Å²) in [6.45, 7) is 4.45. The highest BCUT2D eigenvalue weighted by Gasteiger charge is 2.22. The van der Waals surface area contributed by atoms with Crippen LogP contribution >= 0.6 is 0 Å². The highest BCUT2D eigenvalue weighted by atomic mass is 19.1. The van der Waals surface area contributed by atoms with E-state index in [0.29, 0.717) is 17.9 Å². The summed E-state index contributed by atoms with van der Waals surface area (Å²) in [7, 11) is 0. The van der Waals surface area contributed by atoms with Gasteiger partial charge in [-0.2, -0.15) is 0 Å². The highest BCUT2D eigenvalue weighted by Crippen LogP contribution is 2.36. The summed E-state index contributed by atoms with van der Waals surface area (Å²) in [6.07, 6.45) is 9.94. The minimum atomic E-state index is -0.606. The van der Waals surface area contributed by atoms with Crippen LogP contribution in [0.5, 0.6) is 5.75 Å². The van der Waals surface area contributed by atoms with Gasteiger partial charge < -0.3 is 19.5 Å². The number of hydrogen-bond acceptors (Lipinski definition) is 5. The lowest BCUT2D eigenvalue weighted by atomic mass is 10.1. The number of rotatable bonds is 5. The van der Waals surface area contributed by atoms with Gasteiger partial charge in [0.25, 0.3) is 0 Å². The predicted molar refractivity (Wildman–Crippen MR) is 154 cm³/mol. The number of aryl methyl sites for hydroxylation is 1. The number of para-hydroxylation sites is 1. The maximum atomic E-state index is 15.4. The van der Waals surface area contributed by atoms with E-state index in [-0.39, 0.29) is 36.3 Å². The first-order chi connectivity index (χ1) is 19.6. The Morgan fingerprint density at radius 1 is 1.10 bits per heavy atom. The minimum Gasteiger partial charge on any atom is -0.491 e. The van der Waals surface area contributed by atoms with Gasteiger partial charge in [-0.25, -0.2) is 14.4 Å². The maximum absolute atomic E-state index is 15.4. The molecule has 5 rings (SSSR count). The fourth-order valence-electron chi connectivity index (χ4n) is 5.07. The SMILES string of the molecule is C=CC(=O)N1CCCCCCCn2cc(c3ccccc32)-c2ccnc(n2)Nc2cc1c(OCCCF)cc2F. The van der Waals surface area contributed by atoms with Crippen molar-refractivity contribution in [3.63, 3.8) is 0 Å². The lowest BCUT2D eigenvalue weighted by Gasteiger charge is -2.25. The average molecular weight is 546 g/mol. The van der Waals surface area contributed by atoms with E-state index in [1.54, 1.807) is 6.20 Å². The lowest BCUT2D eigenvalue weighted by molar-refractivity contribution is -0.114. The molecule has 0 fully saturated rings. The number of nitrogens with zero attached hydrogens (tertiary/aromatic N) is 4. The van der Waals surface area contributed by atoms with Crippen molar-refractivity contribution < 1.29 is 18.3 Å². The number of hydrogen-bond donors (Lipinski definition) is 1. The third kappa shape index (κ3) is 5.98. The van der Waals surface area contributed by atoms with Gasteiger partial charge in [-0.3, -0.25) is 9.18 Å². The number of carbonyl (C=O) groups is 1. The third-order valence-electron chi connectivity index (χ3n) is 7.06. The summed E-state index contributed by atoms with van der Waals surface area (Å²) in [5, 5.41) is 4.08. The monoisotopic (exact) mass is 545 g/mol. The second kappa shape index (κ2) is 12.7. The molecule has 0 unspecified atom stereocenters. The molecule has 4 aromatic rings. The van der Waals surface area contributed by atoms with E-state index in [2.05, 4.69) is 39.8 Å². The number of carbonyl (C=O) groups excluding carboxylic acids is 1. The maximum Gasteiger partial charge on any atom is 0.250 e. The summed E-state index contributed by atoms with van der Waals surface area (Å²) < 4.78 is 36.1. The van der Waals surface area contributed by atoms with Gasteiger partial charge >= 0.3 is 0 Å². The molecule has 2 aromatic heterocycles. The van der Waals surface area contributed by atoms with Gasteiger partial charge in [0.05, 0.1) is 30.4 Å². The number of alkyl halides is 1. The molecule has 1 aliphatic heterocycles. The second-order valence-electron chi connectivity index (χ2n) is 9.80. The Hall–Kier alpha value is -4.27. The summed E-state index contributed by atoms with van der Waals surface area (Å²) in [5.41, 5.74) is 3.30. The molecule has 208 valence electrons. The Morgan fingerprint density at radius 2 is 1.90 bits per heavy atom. The molecule has 2 aromatic carbocycles. The van der Waals surface area contributed by atoms with Crippen molar-refractivity contribution in [2.24, 2.45) is 0 Å². The molecule has 0 atom stereocenters. The average Bonchev–Trinajstić information content (AvgIpc) is 3.34. The Kier molecular flexibility index (Phi) is 8.68. The highest BCUT2D eigenvalue weighted by molar-refractivity contribution is 6.02. The molecular formula is C31H33F2N5O2. The molecule has 1 amide bonds. The molecule has 40 heavy (non-hydrogen) atoms. The molecule has 3 heterocycles. The zero-order chi connectivity index (χ0) is 27.9. The van der Waals surface area contributed by atoms with Crippen LogP contribution in [-0.4, -0.2) is 40.3 Å². The standard InChI is InChI=1S/C31H33F2N5O2/c1-2-30(39)38-17-9-5-3-4-8-16-37-21-23(22-11-6-7-12-27(22)37)25-13-15-34-31(35-25)36-26-20-28(38)29(19-24(26)33)40-18-10-14-32/h2,6-7,11-13,15,19-21H,1,3-5,8-10,14,16-18H2,(H,34,35,36). The Bertz CT molecular complexity index is 1500. The van der Waals surface area contributed by atoms with E-state index in [1.807, 2.05) is 18.2 Å². The molecular weight excluding hydrogens is 512 g/mol. The molecule has 0 spiro atoms. The number of aromatic nitrogens is 3. The fourth-order valence-corrected chi connectivity index (χ4v) is 5.07. The Balaban J connectivity index is 1.59. The van der Waals surface area contributed by atoms with Gasteiger partial charge in [-0.15, -0.1) is 0 Å². The van der Waals surface area contributed by atoms with Crippen molar-refractivity contribution in [2.75, 3.05) is 30.0 Å². The molecule has 1 aliphatic rings. The van der Waals surface area contributed by atoms with Crippen LogP contribution in [0.1, 0.15) is 38.5 Å². The van der Waals surface area contributed by atoms with Crippen LogP contribution in [0, 0.1) is 5.82 Å². The number of nitrogens with one attached hydrogen (secondary N) is 1. The largest absolute Gasteiger partial charge is 0.491 e. The van der Waals surface area contributed by atoms with Gasteiger partial charge in [0.1, 0.15) is 5.75 Å². The Morgan fingerprint density at radius 3 is 2.73 bits per heavy atom. The van der Waals surface area contributed by atoms with Crippen LogP contribution in [0.15, 0.2) is 67.5 Å². The first kappa shape index (κ1) is 27.3. The number of fused-ring (bicyclic) bond motifs is 10. The van der Waals surface area contributed by atoms with Crippen molar-refractivity contribution in [1.29, 1.82) is 0 Å². The smallest absolute Gasteiger partial charge is 0.250 e. The first-order valence-corrected chi connectivity index (χ1v) is 13.7. The topological polar surface area (TPSA) is 72.3 Å². The Labute approximate surface area is 232 Å². The predicted octanol–water partition coefficient (Wildman–Crippen LogP) is 7.20. The number of amides is 1. The van der Waals surface area contributed by atoms with Crippen LogP contribution in [0.3, 0.4) is 0 Å². The quantitative estimate of drug-likeness (QED) is 0.212. The third-order valence-corrected chi connectivity index (χ3v) is 7.06. The van der Waals surface area contributed by atoms with Crippen LogP contribution in [0.4, 0.5) is 26.1 Å². The molecule has 0 aliphatic carbocycles. The molecule has 7 nitrogen and oxygen atoms in total. The zero-order valence-corrected chi connectivity index (χ0v) is 22.4. The van der Waals surface area contributed by atoms with Gasteiger partial charge in [-0.1, -0.05) is 44.0 Å². The number of benzene rings is 2. The summed E-state index contributed by atoms with van der Waals surface area (Å²) in [6, 6.07) is 12.8. The van der Waals surface area contributed by atoms with Crippen LogP contribution < -0.4 is 15.0 Å². The van der Waals surface area contributed by atoms with Gasteiger partial charge in [0.15, 0.2) is 5.82 Å². The molecule has 0 radical (unpaired) electrons. The van der Waals surface area contributed by atoms with Gasteiger partial charge in [-0.05, 0) is 37.1 Å². The first-order valence-electron chi connectivity index (χ1n) is 13.7. The zero-order valence-electron chi connectivity index (χ0n) is 22.4. The molecule has 0 saturated heterocycles. The van der Waals surface area contributed by atoms with Crippen LogP contribution in [0.25, 0.3) is 22.2 Å². The fraction of sp³-hybridized carbons (Fsp3) is 0.323. The normalized spacial score (nSPS) is 14.2. The van der Waals surface area contributed by atoms with Crippen molar-refractivity contribution in [3.8, 4) is 17.0 Å². The van der Waals surface area contributed by atoms with E-state index in [1.165, 1.54) is 23.1 Å². The molecule has 1 N–H and O–H groups in total. The number of anilines is 3. The summed E-state index contributed by atoms with van der Waals surface area (Å²) in [5.74, 6) is -0.545.